The number of rotatable bonds is 5. The zero-order chi connectivity index (χ0) is 45.0. The van der Waals surface area contributed by atoms with Crippen molar-refractivity contribution in [2.75, 3.05) is 0 Å². The quantitative estimate of drug-likeness (QED) is 0.127. The van der Waals surface area contributed by atoms with Crippen LogP contribution in [-0.2, 0) is 37.3 Å². The van der Waals surface area contributed by atoms with E-state index in [1.54, 1.807) is 0 Å². The molecule has 6 heteroatoms. The van der Waals surface area contributed by atoms with Gasteiger partial charge in [0.1, 0.15) is 5.82 Å². The monoisotopic (exact) mass is 1040 g/mol. The molecule has 0 atom stereocenters. The zero-order valence-electron chi connectivity index (χ0n) is 38.9. The standard InChI is InChI=1S/C60H52N4O.Pt/c1-58(2,3)39-24-26-42(27-25-39)62-37-63(52-23-13-12-22-51(52)62)43-32-41(60(7,8)9)33-45(35-43)65-44-28-29-49-53(36-44)64(54-34-40(30-31-61-54)59(4,5)6)57-48-19-11-10-18-46(48)47-20-14-16-38-17-15-21-50(55(38)47)56(49)57;/h10-34H,1-9H3;/q-2;. The van der Waals surface area contributed by atoms with Gasteiger partial charge in [0, 0.05) is 50.0 Å². The van der Waals surface area contributed by atoms with E-state index in [-0.39, 0.29) is 37.3 Å². The number of imidazole rings is 1. The number of fused-ring (bicyclic) bond motifs is 8. The minimum Gasteiger partial charge on any atom is -0.510 e. The minimum absolute atomic E-state index is 0. The molecule has 1 aliphatic rings. The molecule has 0 bridgehead atoms. The molecule has 7 aromatic carbocycles. The van der Waals surface area contributed by atoms with E-state index in [1.165, 1.54) is 38.6 Å². The van der Waals surface area contributed by atoms with Crippen molar-refractivity contribution >= 4 is 32.7 Å². The predicted octanol–water partition coefficient (Wildman–Crippen LogP) is 14.8. The van der Waals surface area contributed by atoms with Crippen LogP contribution in [0.1, 0.15) is 79.0 Å². The average Bonchev–Trinajstić information content (AvgIpc) is 3.81. The molecule has 0 N–H and O–H groups in total. The van der Waals surface area contributed by atoms with Crippen molar-refractivity contribution in [2.24, 2.45) is 0 Å². The Morgan fingerprint density at radius 1 is 0.561 bits per heavy atom. The molecule has 0 unspecified atom stereocenters. The summed E-state index contributed by atoms with van der Waals surface area (Å²) in [4.78, 5) is 5.10. The minimum atomic E-state index is -0.182. The summed E-state index contributed by atoms with van der Waals surface area (Å²) in [5, 5.41) is 3.54. The van der Waals surface area contributed by atoms with Crippen molar-refractivity contribution in [3.63, 3.8) is 0 Å². The predicted molar refractivity (Wildman–Crippen MR) is 266 cm³/mol. The van der Waals surface area contributed by atoms with Crippen LogP contribution in [0.4, 0.5) is 0 Å². The van der Waals surface area contributed by atoms with Crippen LogP contribution in [0.25, 0.3) is 83.4 Å². The molecule has 0 saturated heterocycles. The smallest absolute Gasteiger partial charge is 0.268 e. The molecule has 10 aromatic rings. The van der Waals surface area contributed by atoms with Gasteiger partial charge in [0.05, 0.1) is 16.7 Å². The van der Waals surface area contributed by atoms with E-state index in [2.05, 4.69) is 240 Å². The number of hydrogen-bond acceptors (Lipinski definition) is 2. The molecule has 5 nitrogen and oxygen atoms in total. The van der Waals surface area contributed by atoms with Crippen LogP contribution in [0.5, 0.6) is 11.5 Å². The Morgan fingerprint density at radius 3 is 1.95 bits per heavy atom. The number of nitrogens with zero attached hydrogens (tertiary/aromatic N) is 4. The summed E-state index contributed by atoms with van der Waals surface area (Å²) in [6.07, 6.45) is 5.64. The van der Waals surface area contributed by atoms with E-state index in [1.807, 2.05) is 6.20 Å². The third-order valence-corrected chi connectivity index (χ3v) is 13.1. The number of aromatic nitrogens is 4. The average molecular weight is 1040 g/mol. The maximum atomic E-state index is 6.96. The molecule has 0 saturated carbocycles. The maximum absolute atomic E-state index is 6.96. The van der Waals surface area contributed by atoms with Gasteiger partial charge in [-0.25, -0.2) is 4.98 Å². The maximum Gasteiger partial charge on any atom is 0.268 e. The number of hydrogen-bond donors (Lipinski definition) is 0. The molecule has 11 rings (SSSR count). The third-order valence-electron chi connectivity index (χ3n) is 13.1. The number of ether oxygens (including phenoxy) is 1. The summed E-state index contributed by atoms with van der Waals surface area (Å²) in [6.45, 7) is 20.2. The van der Waals surface area contributed by atoms with Crippen molar-refractivity contribution in [1.82, 2.24) is 14.1 Å². The summed E-state index contributed by atoms with van der Waals surface area (Å²) in [7, 11) is 0. The zero-order valence-corrected chi connectivity index (χ0v) is 41.2. The van der Waals surface area contributed by atoms with Crippen LogP contribution >= 0.6 is 0 Å². The first kappa shape index (κ1) is 43.3. The van der Waals surface area contributed by atoms with E-state index in [0.29, 0.717) is 11.5 Å². The number of para-hydroxylation sites is 2. The van der Waals surface area contributed by atoms with Crippen LogP contribution in [0.3, 0.4) is 0 Å². The van der Waals surface area contributed by atoms with Crippen LogP contribution in [0.15, 0.2) is 152 Å². The molecule has 330 valence electrons. The molecular weight excluding hydrogens is 988 g/mol. The Morgan fingerprint density at radius 2 is 1.23 bits per heavy atom. The SMILES string of the molecule is CC(C)(C)c1ccc(-[n+]2[c-]n(-c3[c-]c(Oc4[c-]c5c(cc4)c4c(n5-c5cc(C(C)(C)C)ccn5)-c5ccccc5-c5cccc6cccc-4c56)cc(C(C)(C)C)c3)c3ccccc32)cc1.[Pt]. The molecular formula is C60H52N4OPt-2. The molecule has 0 fully saturated rings. The first-order valence-corrected chi connectivity index (χ1v) is 22.6. The largest absolute Gasteiger partial charge is 0.510 e. The molecule has 0 aliphatic heterocycles. The van der Waals surface area contributed by atoms with Gasteiger partial charge in [-0.1, -0.05) is 165 Å². The van der Waals surface area contributed by atoms with Crippen LogP contribution < -0.4 is 9.30 Å². The van der Waals surface area contributed by atoms with Crippen molar-refractivity contribution in [1.29, 1.82) is 0 Å². The molecule has 0 radical (unpaired) electrons. The van der Waals surface area contributed by atoms with Gasteiger partial charge >= 0.3 is 0 Å². The topological polar surface area (TPSA) is 35.9 Å². The molecule has 0 amide bonds. The molecule has 3 aromatic heterocycles. The van der Waals surface area contributed by atoms with E-state index in [9.17, 15) is 0 Å². The van der Waals surface area contributed by atoms with Gasteiger partial charge in [0.15, 0.2) is 0 Å². The Hall–Kier alpha value is -6.55. The van der Waals surface area contributed by atoms with E-state index in [4.69, 9.17) is 9.72 Å². The first-order chi connectivity index (χ1) is 31.1. The summed E-state index contributed by atoms with van der Waals surface area (Å²) in [6, 6.07) is 59.8. The van der Waals surface area contributed by atoms with Gasteiger partial charge in [-0.05, 0) is 90.4 Å². The first-order valence-electron chi connectivity index (χ1n) is 22.6. The molecule has 66 heavy (non-hydrogen) atoms. The second-order valence-corrected chi connectivity index (χ2v) is 20.6. The van der Waals surface area contributed by atoms with E-state index >= 15 is 0 Å². The summed E-state index contributed by atoms with van der Waals surface area (Å²) in [5.74, 6) is 2.03. The van der Waals surface area contributed by atoms with Gasteiger partial charge in [-0.3, -0.25) is 4.57 Å². The van der Waals surface area contributed by atoms with Gasteiger partial charge in [-0.2, -0.15) is 17.7 Å². The van der Waals surface area contributed by atoms with Crippen LogP contribution in [-0.4, -0.2) is 14.1 Å². The molecule has 1 aliphatic carbocycles. The number of pyridine rings is 1. The van der Waals surface area contributed by atoms with Gasteiger partial charge in [0.2, 0.25) is 0 Å². The second kappa shape index (κ2) is 15.8. The normalized spacial score (nSPS) is 12.5. The van der Waals surface area contributed by atoms with Crippen molar-refractivity contribution in [2.45, 2.75) is 78.6 Å². The van der Waals surface area contributed by atoms with Crippen molar-refractivity contribution in [3.05, 3.63) is 187 Å². The molecule has 3 heterocycles. The fourth-order valence-electron chi connectivity index (χ4n) is 9.51. The second-order valence-electron chi connectivity index (χ2n) is 20.6. The fourth-order valence-corrected chi connectivity index (χ4v) is 9.51. The van der Waals surface area contributed by atoms with Crippen LogP contribution in [0, 0.1) is 18.5 Å². The molecule has 0 spiro atoms. The number of benzene rings is 7. The van der Waals surface area contributed by atoms with Gasteiger partial charge in [0.25, 0.3) is 6.33 Å². The third kappa shape index (κ3) is 7.29. The Bertz CT molecular complexity index is 3510. The Labute approximate surface area is 402 Å². The van der Waals surface area contributed by atoms with Crippen molar-refractivity contribution < 1.29 is 30.4 Å². The summed E-state index contributed by atoms with van der Waals surface area (Å²) >= 11 is 0. The van der Waals surface area contributed by atoms with Gasteiger partial charge < -0.3 is 13.9 Å². The van der Waals surface area contributed by atoms with Crippen LogP contribution in [0.2, 0.25) is 0 Å². The Balaban J connectivity index is 0.00000511. The van der Waals surface area contributed by atoms with E-state index in [0.717, 1.165) is 61.5 Å². The van der Waals surface area contributed by atoms with E-state index < -0.39 is 0 Å². The van der Waals surface area contributed by atoms with Gasteiger partial charge in [-0.15, -0.1) is 29.7 Å². The van der Waals surface area contributed by atoms with Crippen molar-refractivity contribution in [3.8, 4) is 62.2 Å². The fraction of sp³-hybridized carbons (Fsp3) is 0.200. The summed E-state index contributed by atoms with van der Waals surface area (Å²) in [5.41, 5.74) is 15.3. The summed E-state index contributed by atoms with van der Waals surface area (Å²) < 4.78 is 13.5. The Kier molecular flexibility index (Phi) is 10.4.